The summed E-state index contributed by atoms with van der Waals surface area (Å²) in [5.74, 6) is -1.31. The van der Waals surface area contributed by atoms with Gasteiger partial charge in [-0.05, 0) is 38.0 Å². The average Bonchev–Trinajstić information content (AvgIpc) is 3.55. The fourth-order valence-corrected chi connectivity index (χ4v) is 4.93. The number of carbonyl (C=O) groups excluding carboxylic acids is 1. The topological polar surface area (TPSA) is 153 Å². The molecular formula is C20H16F3N7O4S. The fraction of sp³-hybridized carbons (Fsp3) is 0.300. The number of amides is 1. The number of carbonyl (C=O) groups is 1. The highest BCUT2D eigenvalue weighted by molar-refractivity contribution is 7.92. The van der Waals surface area contributed by atoms with Crippen LogP contribution in [0, 0.1) is 11.3 Å². The molecule has 1 saturated carbocycles. The first kappa shape index (κ1) is 24.1. The van der Waals surface area contributed by atoms with E-state index in [-0.39, 0.29) is 22.9 Å². The third kappa shape index (κ3) is 5.38. The van der Waals surface area contributed by atoms with Crippen LogP contribution in [0.3, 0.4) is 0 Å². The Bertz CT molecular complexity index is 1430. The van der Waals surface area contributed by atoms with Crippen LogP contribution < -0.4 is 10.1 Å². The average molecular weight is 507 g/mol. The molecule has 0 bridgehead atoms. The molecule has 2 heterocycles. The number of halogens is 3. The molecule has 0 saturated heterocycles. The Hall–Kier alpha value is -4.06. The number of alkyl halides is 3. The second-order valence-corrected chi connectivity index (χ2v) is 9.81. The minimum Gasteiger partial charge on any atom is -0.406 e. The summed E-state index contributed by atoms with van der Waals surface area (Å²) in [5, 5.41) is 14.9. The Morgan fingerprint density at radius 2 is 1.94 bits per heavy atom. The van der Waals surface area contributed by atoms with Crippen molar-refractivity contribution in [2.45, 2.75) is 42.3 Å². The van der Waals surface area contributed by atoms with Crippen LogP contribution in [0.1, 0.15) is 47.7 Å². The van der Waals surface area contributed by atoms with Crippen LogP contribution in [-0.4, -0.2) is 50.7 Å². The highest BCUT2D eigenvalue weighted by Crippen LogP contribution is 2.36. The maximum absolute atomic E-state index is 12.9. The van der Waals surface area contributed by atoms with Crippen molar-refractivity contribution in [2.75, 3.05) is 0 Å². The molecule has 0 spiro atoms. The molecule has 1 aliphatic rings. The third-order valence-corrected chi connectivity index (χ3v) is 7.20. The summed E-state index contributed by atoms with van der Waals surface area (Å²) >= 11 is 0. The number of aromatic nitrogens is 5. The molecule has 0 aliphatic heterocycles. The summed E-state index contributed by atoms with van der Waals surface area (Å²) in [6.07, 6.45) is -1.98. The first-order valence-electron chi connectivity index (χ1n) is 10.1. The van der Waals surface area contributed by atoms with E-state index in [0.29, 0.717) is 12.8 Å². The van der Waals surface area contributed by atoms with Crippen LogP contribution in [0.2, 0.25) is 0 Å². The predicted molar refractivity (Wildman–Crippen MR) is 111 cm³/mol. The summed E-state index contributed by atoms with van der Waals surface area (Å²) in [5.41, 5.74) is -0.281. The Morgan fingerprint density at radius 3 is 2.60 bits per heavy atom. The first-order valence-corrected chi connectivity index (χ1v) is 11.6. The van der Waals surface area contributed by atoms with Crippen molar-refractivity contribution in [1.82, 2.24) is 30.0 Å². The number of nitriles is 1. The van der Waals surface area contributed by atoms with E-state index in [1.807, 2.05) is 6.07 Å². The third-order valence-electron chi connectivity index (χ3n) is 4.96. The summed E-state index contributed by atoms with van der Waals surface area (Å²) in [6.45, 7) is 1.53. The van der Waals surface area contributed by atoms with Gasteiger partial charge in [0.1, 0.15) is 30.2 Å². The van der Waals surface area contributed by atoms with Gasteiger partial charge >= 0.3 is 6.36 Å². The van der Waals surface area contributed by atoms with Crippen molar-refractivity contribution in [3.8, 4) is 17.6 Å². The Kier molecular flexibility index (Phi) is 6.15. The van der Waals surface area contributed by atoms with Gasteiger partial charge in [0.05, 0.1) is 16.2 Å². The maximum Gasteiger partial charge on any atom is 0.573 e. The number of sulfone groups is 1. The quantitative estimate of drug-likeness (QED) is 0.507. The van der Waals surface area contributed by atoms with E-state index in [9.17, 15) is 26.4 Å². The lowest BCUT2D eigenvalue weighted by molar-refractivity contribution is -0.274. The van der Waals surface area contributed by atoms with Crippen molar-refractivity contribution >= 4 is 15.7 Å². The van der Waals surface area contributed by atoms with Gasteiger partial charge in [0, 0.05) is 11.6 Å². The molecule has 2 aromatic heterocycles. The van der Waals surface area contributed by atoms with E-state index in [2.05, 4.69) is 30.1 Å². The molecule has 11 nitrogen and oxygen atoms in total. The van der Waals surface area contributed by atoms with Crippen molar-refractivity contribution in [3.05, 3.63) is 54.0 Å². The Morgan fingerprint density at radius 1 is 1.20 bits per heavy atom. The zero-order chi connectivity index (χ0) is 25.4. The van der Waals surface area contributed by atoms with Gasteiger partial charge in [0.15, 0.2) is 21.5 Å². The largest absolute Gasteiger partial charge is 0.573 e. The van der Waals surface area contributed by atoms with E-state index in [0.717, 1.165) is 24.5 Å². The summed E-state index contributed by atoms with van der Waals surface area (Å²) in [4.78, 5) is 24.3. The van der Waals surface area contributed by atoms with Gasteiger partial charge in [0.25, 0.3) is 5.91 Å². The second-order valence-electron chi connectivity index (χ2n) is 7.58. The summed E-state index contributed by atoms with van der Waals surface area (Å²) in [7, 11) is -3.92. The van der Waals surface area contributed by atoms with Crippen LogP contribution in [0.5, 0.6) is 5.75 Å². The van der Waals surface area contributed by atoms with Crippen LogP contribution in [0.25, 0.3) is 5.82 Å². The molecular weight excluding hydrogens is 491 g/mol. The molecule has 1 atom stereocenters. The molecule has 182 valence electrons. The summed E-state index contributed by atoms with van der Waals surface area (Å²) < 4.78 is 68.8. The van der Waals surface area contributed by atoms with Crippen LogP contribution >= 0.6 is 0 Å². The number of nitrogens with zero attached hydrogens (tertiary/aromatic N) is 6. The van der Waals surface area contributed by atoms with Gasteiger partial charge in [-0.1, -0.05) is 0 Å². The lowest BCUT2D eigenvalue weighted by atomic mass is 10.2. The van der Waals surface area contributed by atoms with Gasteiger partial charge in [0.2, 0.25) is 0 Å². The molecule has 1 aliphatic carbocycles. The van der Waals surface area contributed by atoms with E-state index in [4.69, 9.17) is 5.26 Å². The molecule has 1 unspecified atom stereocenters. The van der Waals surface area contributed by atoms with Crippen molar-refractivity contribution in [3.63, 3.8) is 0 Å². The minimum atomic E-state index is -5.08. The van der Waals surface area contributed by atoms with Gasteiger partial charge < -0.3 is 10.1 Å². The van der Waals surface area contributed by atoms with E-state index in [1.54, 1.807) is 0 Å². The standard InChI is InChI=1S/C20H16F3N7O4S/c1-11(18-27-10-28-30(18)17-6-13(8-24)25-9-26-17)29-19(31)12-4-14(34-20(21,22)23)7-16(5-12)35(32,33)15-2-3-15/h4-7,9-11,15H,2-3H2,1H3,(H,29,31). The Balaban J connectivity index is 1.63. The first-order chi connectivity index (χ1) is 16.5. The zero-order valence-corrected chi connectivity index (χ0v) is 18.7. The van der Waals surface area contributed by atoms with E-state index < -0.39 is 44.0 Å². The molecule has 15 heteroatoms. The molecule has 4 rings (SSSR count). The number of benzene rings is 1. The SMILES string of the molecule is CC(NC(=O)c1cc(OC(F)(F)F)cc(S(=O)(=O)C2CC2)c1)c1ncnn1-c1cc(C#N)ncn1. The van der Waals surface area contributed by atoms with Crippen LogP contribution in [0.15, 0.2) is 41.8 Å². The summed E-state index contributed by atoms with van der Waals surface area (Å²) in [6, 6.07) is 4.92. The second kappa shape index (κ2) is 8.95. The molecule has 3 aromatic rings. The number of hydrogen-bond donors (Lipinski definition) is 1. The number of hydrogen-bond acceptors (Lipinski definition) is 9. The number of ether oxygens (including phenoxy) is 1. The van der Waals surface area contributed by atoms with Gasteiger partial charge in [-0.25, -0.2) is 23.4 Å². The lowest BCUT2D eigenvalue weighted by Crippen LogP contribution is -2.29. The van der Waals surface area contributed by atoms with Crippen molar-refractivity contribution < 1.29 is 31.1 Å². The highest BCUT2D eigenvalue weighted by atomic mass is 32.2. The maximum atomic E-state index is 12.9. The monoisotopic (exact) mass is 507 g/mol. The number of rotatable bonds is 7. The molecule has 1 N–H and O–H groups in total. The van der Waals surface area contributed by atoms with Gasteiger partial charge in [-0.15, -0.1) is 13.2 Å². The van der Waals surface area contributed by atoms with Crippen molar-refractivity contribution in [2.24, 2.45) is 0 Å². The molecule has 0 radical (unpaired) electrons. The van der Waals surface area contributed by atoms with E-state index in [1.165, 1.54) is 24.0 Å². The van der Waals surface area contributed by atoms with Crippen LogP contribution in [-0.2, 0) is 9.84 Å². The van der Waals surface area contributed by atoms with Gasteiger partial charge in [-0.3, -0.25) is 4.79 Å². The lowest BCUT2D eigenvalue weighted by Gasteiger charge is -2.16. The van der Waals surface area contributed by atoms with E-state index >= 15 is 0 Å². The fourth-order valence-electron chi connectivity index (χ4n) is 3.22. The Labute approximate surface area is 196 Å². The normalized spacial score (nSPS) is 14.7. The minimum absolute atomic E-state index is 0.0685. The van der Waals surface area contributed by atoms with Crippen molar-refractivity contribution in [1.29, 1.82) is 5.26 Å². The predicted octanol–water partition coefficient (Wildman–Crippen LogP) is 2.25. The molecule has 1 fully saturated rings. The molecule has 1 amide bonds. The molecule has 1 aromatic carbocycles. The smallest absolute Gasteiger partial charge is 0.406 e. The van der Waals surface area contributed by atoms with Gasteiger partial charge in [-0.2, -0.15) is 15.0 Å². The highest BCUT2D eigenvalue weighted by Gasteiger charge is 2.38. The zero-order valence-electron chi connectivity index (χ0n) is 17.9. The number of nitrogens with one attached hydrogen (secondary N) is 1. The van der Waals surface area contributed by atoms with Crippen LogP contribution in [0.4, 0.5) is 13.2 Å². The molecule has 35 heavy (non-hydrogen) atoms.